The van der Waals surface area contributed by atoms with Crippen molar-refractivity contribution in [1.82, 2.24) is 9.80 Å². The number of rotatable bonds is 1. The summed E-state index contributed by atoms with van der Waals surface area (Å²) in [6, 6.07) is 2.46. The molecule has 2 aliphatic rings. The van der Waals surface area contributed by atoms with E-state index in [2.05, 4.69) is 11.9 Å². The Morgan fingerprint density at radius 3 is 2.29 bits per heavy atom. The van der Waals surface area contributed by atoms with E-state index in [1.807, 2.05) is 0 Å². The summed E-state index contributed by atoms with van der Waals surface area (Å²) in [6.45, 7) is 3.11. The summed E-state index contributed by atoms with van der Waals surface area (Å²) >= 11 is 0. The van der Waals surface area contributed by atoms with Gasteiger partial charge in [-0.3, -0.25) is 4.79 Å². The van der Waals surface area contributed by atoms with E-state index in [9.17, 15) is 22.4 Å². The molecule has 2 fully saturated rings. The molecule has 7 heteroatoms. The smallest absolute Gasteiger partial charge is 0.339 e. The lowest BCUT2D eigenvalue weighted by atomic mass is 9.77. The molecule has 0 saturated carbocycles. The van der Waals surface area contributed by atoms with Gasteiger partial charge in [0.2, 0.25) is 0 Å². The molecule has 0 aliphatic carbocycles. The maximum absolute atomic E-state index is 13.4. The molecule has 2 heterocycles. The van der Waals surface area contributed by atoms with E-state index in [1.54, 1.807) is 4.90 Å². The topological polar surface area (TPSA) is 23.6 Å². The number of likely N-dealkylation sites (tertiary alicyclic amines) is 2. The van der Waals surface area contributed by atoms with Gasteiger partial charge in [0.25, 0.3) is 5.91 Å². The van der Waals surface area contributed by atoms with Gasteiger partial charge in [-0.05, 0) is 56.5 Å². The average Bonchev–Trinajstić information content (AvgIpc) is 2.87. The summed E-state index contributed by atoms with van der Waals surface area (Å²) in [7, 11) is 2.07. The standard InChI is InChI=1S/C17H20F4N2O/c1-22-7-4-16(11-22)5-8-23(9-6-16)15(24)12-2-3-14(18)13(10-12)17(19,20)21/h2-3,10H,4-9,11H2,1H3. The number of halogens is 4. The number of benzene rings is 1. The van der Waals surface area contributed by atoms with Crippen molar-refractivity contribution in [3.05, 3.63) is 35.1 Å². The van der Waals surface area contributed by atoms with Crippen LogP contribution in [0.5, 0.6) is 0 Å². The fourth-order valence-electron chi connectivity index (χ4n) is 3.81. The fraction of sp³-hybridized carbons (Fsp3) is 0.588. The van der Waals surface area contributed by atoms with Crippen molar-refractivity contribution < 1.29 is 22.4 Å². The van der Waals surface area contributed by atoms with Gasteiger partial charge >= 0.3 is 6.18 Å². The van der Waals surface area contributed by atoms with E-state index in [0.717, 1.165) is 38.4 Å². The highest BCUT2D eigenvalue weighted by molar-refractivity contribution is 5.94. The summed E-state index contributed by atoms with van der Waals surface area (Å²) in [4.78, 5) is 16.3. The first kappa shape index (κ1) is 17.2. The summed E-state index contributed by atoms with van der Waals surface area (Å²) in [6.07, 6.45) is -1.99. The predicted octanol–water partition coefficient (Wildman–Crippen LogP) is 3.40. The van der Waals surface area contributed by atoms with Crippen molar-refractivity contribution in [2.45, 2.75) is 25.4 Å². The zero-order chi connectivity index (χ0) is 17.5. The van der Waals surface area contributed by atoms with Crippen LogP contribution < -0.4 is 0 Å². The Bertz CT molecular complexity index is 636. The summed E-state index contributed by atoms with van der Waals surface area (Å²) < 4.78 is 51.8. The molecule has 0 unspecified atom stereocenters. The van der Waals surface area contributed by atoms with Crippen LogP contribution in [0.2, 0.25) is 0 Å². The second-order valence-electron chi connectivity index (χ2n) is 6.97. The quantitative estimate of drug-likeness (QED) is 0.729. The number of carbonyl (C=O) groups excluding carboxylic acids is 1. The first-order valence-corrected chi connectivity index (χ1v) is 8.05. The van der Waals surface area contributed by atoms with Gasteiger partial charge in [-0.15, -0.1) is 0 Å². The highest BCUT2D eigenvalue weighted by atomic mass is 19.4. The Morgan fingerprint density at radius 1 is 1.12 bits per heavy atom. The molecule has 0 bridgehead atoms. The van der Waals surface area contributed by atoms with E-state index in [0.29, 0.717) is 25.2 Å². The van der Waals surface area contributed by atoms with E-state index in [4.69, 9.17) is 0 Å². The third-order valence-electron chi connectivity index (χ3n) is 5.26. The molecule has 132 valence electrons. The maximum Gasteiger partial charge on any atom is 0.419 e. The molecular weight excluding hydrogens is 324 g/mol. The van der Waals surface area contributed by atoms with Gasteiger partial charge in [0.15, 0.2) is 0 Å². The number of alkyl halides is 3. The Labute approximate surface area is 138 Å². The molecular formula is C17H20F4N2O. The second-order valence-corrected chi connectivity index (χ2v) is 6.97. The average molecular weight is 344 g/mol. The van der Waals surface area contributed by atoms with Crippen molar-refractivity contribution in [2.75, 3.05) is 33.2 Å². The van der Waals surface area contributed by atoms with Gasteiger partial charge in [-0.2, -0.15) is 13.2 Å². The monoisotopic (exact) mass is 344 g/mol. The summed E-state index contributed by atoms with van der Waals surface area (Å²) in [5.74, 6) is -1.81. The lowest BCUT2D eigenvalue weighted by Gasteiger charge is -2.39. The van der Waals surface area contributed by atoms with Crippen LogP contribution in [0.4, 0.5) is 17.6 Å². The molecule has 2 aliphatic heterocycles. The molecule has 1 aromatic carbocycles. The molecule has 0 atom stereocenters. The van der Waals surface area contributed by atoms with Crippen molar-refractivity contribution in [3.8, 4) is 0 Å². The van der Waals surface area contributed by atoms with Gasteiger partial charge in [0.05, 0.1) is 5.56 Å². The second kappa shape index (κ2) is 6.02. The largest absolute Gasteiger partial charge is 0.419 e. The third-order valence-corrected chi connectivity index (χ3v) is 5.26. The van der Waals surface area contributed by atoms with E-state index in [1.165, 1.54) is 0 Å². The van der Waals surface area contributed by atoms with Crippen LogP contribution >= 0.6 is 0 Å². The molecule has 3 nitrogen and oxygen atoms in total. The Kier molecular flexibility index (Phi) is 4.32. The lowest BCUT2D eigenvalue weighted by molar-refractivity contribution is -0.140. The number of nitrogens with zero attached hydrogens (tertiary/aromatic N) is 2. The number of amides is 1. The fourth-order valence-corrected chi connectivity index (χ4v) is 3.81. The lowest BCUT2D eigenvalue weighted by Crippen LogP contribution is -2.44. The van der Waals surface area contributed by atoms with Crippen LogP contribution in [-0.2, 0) is 6.18 Å². The Hall–Kier alpha value is -1.63. The molecule has 0 aromatic heterocycles. The number of carbonyl (C=O) groups is 1. The number of hydrogen-bond donors (Lipinski definition) is 0. The van der Waals surface area contributed by atoms with Crippen LogP contribution in [0.25, 0.3) is 0 Å². The van der Waals surface area contributed by atoms with Crippen molar-refractivity contribution in [3.63, 3.8) is 0 Å². The summed E-state index contributed by atoms with van der Waals surface area (Å²) in [5.41, 5.74) is -1.27. The first-order chi connectivity index (χ1) is 11.2. The molecule has 1 aromatic rings. The first-order valence-electron chi connectivity index (χ1n) is 8.05. The van der Waals surface area contributed by atoms with E-state index >= 15 is 0 Å². The van der Waals surface area contributed by atoms with Gasteiger partial charge in [-0.1, -0.05) is 0 Å². The molecule has 24 heavy (non-hydrogen) atoms. The van der Waals surface area contributed by atoms with Gasteiger partial charge < -0.3 is 9.80 Å². The van der Waals surface area contributed by atoms with Crippen LogP contribution in [0.15, 0.2) is 18.2 Å². The Balaban J connectivity index is 1.72. The number of hydrogen-bond acceptors (Lipinski definition) is 2. The highest BCUT2D eigenvalue weighted by Gasteiger charge is 2.40. The van der Waals surface area contributed by atoms with E-state index in [-0.39, 0.29) is 11.0 Å². The summed E-state index contributed by atoms with van der Waals surface area (Å²) in [5, 5.41) is 0. The SMILES string of the molecule is CN1CCC2(CCN(C(=O)c3ccc(F)c(C(F)(F)F)c3)CC2)C1. The normalized spacial score (nSPS) is 21.5. The van der Waals surface area contributed by atoms with Crippen LogP contribution in [0, 0.1) is 11.2 Å². The maximum atomic E-state index is 13.4. The minimum atomic E-state index is -4.80. The van der Waals surface area contributed by atoms with E-state index < -0.39 is 23.5 Å². The highest BCUT2D eigenvalue weighted by Crippen LogP contribution is 2.40. The van der Waals surface area contributed by atoms with Crippen LogP contribution in [0.3, 0.4) is 0 Å². The zero-order valence-corrected chi connectivity index (χ0v) is 13.5. The Morgan fingerprint density at radius 2 is 1.75 bits per heavy atom. The zero-order valence-electron chi connectivity index (χ0n) is 13.5. The van der Waals surface area contributed by atoms with Crippen molar-refractivity contribution in [1.29, 1.82) is 0 Å². The molecule has 1 amide bonds. The van der Waals surface area contributed by atoms with Crippen molar-refractivity contribution >= 4 is 5.91 Å². The molecule has 1 spiro atoms. The molecule has 0 radical (unpaired) electrons. The van der Waals surface area contributed by atoms with Gasteiger partial charge in [-0.25, -0.2) is 4.39 Å². The molecule has 3 rings (SSSR count). The molecule has 2 saturated heterocycles. The van der Waals surface area contributed by atoms with Crippen LogP contribution in [0.1, 0.15) is 35.2 Å². The predicted molar refractivity (Wildman–Crippen MR) is 81.1 cm³/mol. The minimum absolute atomic E-state index is 0.108. The minimum Gasteiger partial charge on any atom is -0.339 e. The van der Waals surface area contributed by atoms with Crippen molar-refractivity contribution in [2.24, 2.45) is 5.41 Å². The van der Waals surface area contributed by atoms with Gasteiger partial charge in [0, 0.05) is 25.2 Å². The number of piperidine rings is 1. The van der Waals surface area contributed by atoms with Crippen LogP contribution in [-0.4, -0.2) is 48.9 Å². The van der Waals surface area contributed by atoms with Gasteiger partial charge in [0.1, 0.15) is 5.82 Å². The third kappa shape index (κ3) is 3.27. The molecule has 0 N–H and O–H groups in total.